The Morgan fingerprint density at radius 2 is 1.32 bits per heavy atom. The van der Waals surface area contributed by atoms with Gasteiger partial charge >= 0.3 is 6.09 Å². The second-order valence-corrected chi connectivity index (χ2v) is 13.5. The summed E-state index contributed by atoms with van der Waals surface area (Å²) >= 11 is 0. The van der Waals surface area contributed by atoms with Crippen LogP contribution in [0.15, 0.2) is 73.1 Å². The number of rotatable bonds is 19. The van der Waals surface area contributed by atoms with Crippen LogP contribution in [0.5, 0.6) is 5.75 Å². The van der Waals surface area contributed by atoms with Gasteiger partial charge in [0.15, 0.2) is 12.4 Å². The molecule has 3 rings (SSSR count). The summed E-state index contributed by atoms with van der Waals surface area (Å²) < 4.78 is 13.9. The largest absolute Gasteiger partial charge is 1.00 e. The number of carbonyl (C=O) groups excluding carboxylic acids is 2. The fourth-order valence-electron chi connectivity index (χ4n) is 5.50. The fourth-order valence-corrected chi connectivity index (χ4v) is 5.50. The van der Waals surface area contributed by atoms with E-state index in [1.807, 2.05) is 54.3 Å². The van der Waals surface area contributed by atoms with Crippen LogP contribution in [0.4, 0.5) is 4.79 Å². The molecule has 2 aromatic carbocycles. The molecule has 2 amide bonds. The minimum absolute atomic E-state index is 0. The second-order valence-electron chi connectivity index (χ2n) is 13.5. The predicted molar refractivity (Wildman–Crippen MR) is 186 cm³/mol. The van der Waals surface area contributed by atoms with Crippen LogP contribution < -0.4 is 33.3 Å². The molecule has 1 aromatic heterocycles. The lowest BCUT2D eigenvalue weighted by atomic mass is 9.85. The van der Waals surface area contributed by atoms with E-state index in [9.17, 15) is 9.59 Å². The van der Waals surface area contributed by atoms with Gasteiger partial charge in [-0.2, -0.15) is 0 Å². The lowest BCUT2D eigenvalue weighted by Gasteiger charge is -2.24. The van der Waals surface area contributed by atoms with Gasteiger partial charge in [0.2, 0.25) is 0 Å². The van der Waals surface area contributed by atoms with Crippen LogP contribution in [-0.2, 0) is 30.4 Å². The molecule has 0 aliphatic heterocycles. The third-order valence-corrected chi connectivity index (χ3v) is 8.34. The van der Waals surface area contributed by atoms with E-state index in [-0.39, 0.29) is 42.5 Å². The van der Waals surface area contributed by atoms with Crippen molar-refractivity contribution in [2.24, 2.45) is 7.05 Å². The molecule has 0 saturated heterocycles. The minimum atomic E-state index is -0.674. The number of carbonyl (C=O) groups is 2. The van der Waals surface area contributed by atoms with Gasteiger partial charge in [0, 0.05) is 17.7 Å². The van der Waals surface area contributed by atoms with E-state index < -0.39 is 12.0 Å². The van der Waals surface area contributed by atoms with Gasteiger partial charge in [0.05, 0.1) is 13.2 Å². The average molecular weight is 757 g/mol. The van der Waals surface area contributed by atoms with Crippen LogP contribution in [0.3, 0.4) is 0 Å². The zero-order valence-corrected chi connectivity index (χ0v) is 31.6. The van der Waals surface area contributed by atoms with Crippen LogP contribution >= 0.6 is 0 Å². The van der Waals surface area contributed by atoms with Gasteiger partial charge in [0.25, 0.3) is 5.91 Å². The third kappa shape index (κ3) is 14.8. The van der Waals surface area contributed by atoms with Crippen molar-refractivity contribution in [3.63, 3.8) is 0 Å². The lowest BCUT2D eigenvalue weighted by Crippen LogP contribution is -3.00. The van der Waals surface area contributed by atoms with E-state index in [1.165, 1.54) is 75.5 Å². The molecule has 0 aliphatic rings. The molecular weight excluding hydrogens is 699 g/mol. The summed E-state index contributed by atoms with van der Waals surface area (Å²) in [7, 11) is 1.92. The van der Waals surface area contributed by atoms with Crippen molar-refractivity contribution in [2.45, 2.75) is 123 Å². The quantitative estimate of drug-likeness (QED) is 0.0762. The summed E-state index contributed by atoms with van der Waals surface area (Å²) in [5.41, 5.74) is 3.06. The predicted octanol–water partition coefficient (Wildman–Crippen LogP) is 6.87. The van der Waals surface area contributed by atoms with E-state index in [4.69, 9.17) is 9.47 Å². The number of pyridine rings is 1. The number of benzene rings is 2. The van der Waals surface area contributed by atoms with E-state index in [0.717, 1.165) is 28.9 Å². The Bertz CT molecular complexity index is 1320. The average Bonchev–Trinajstić information content (AvgIpc) is 3.05. The Kier molecular flexibility index (Phi) is 18.7. The number of aryl methyl sites for hydroxylation is 1. The molecule has 0 aliphatic carbocycles. The van der Waals surface area contributed by atoms with Crippen molar-refractivity contribution < 1.29 is 47.6 Å². The smallest absolute Gasteiger partial charge is 0.417 e. The molecule has 0 unspecified atom stereocenters. The highest BCUT2D eigenvalue weighted by molar-refractivity contribution is 6.02. The van der Waals surface area contributed by atoms with E-state index >= 15 is 0 Å². The maximum atomic E-state index is 13.4. The van der Waals surface area contributed by atoms with Crippen molar-refractivity contribution in [1.29, 1.82) is 0 Å². The van der Waals surface area contributed by atoms with E-state index in [1.54, 1.807) is 24.3 Å². The molecule has 0 fully saturated rings. The number of nitrogens with zero attached hydrogens (tertiary/aromatic N) is 2. The fraction of sp³-hybridized carbons (Fsp3) is 0.525. The molecule has 47 heavy (non-hydrogen) atoms. The van der Waals surface area contributed by atoms with Gasteiger partial charge in [-0.25, -0.2) is 14.3 Å². The standard InChI is InChI=1S/C40H57N2O4.HI/c1-6-7-8-9-10-11-12-13-14-15-16-20-29-45-37-24-23-34(30-36(37)40(2,3)4)32-46-39(44)42(31-33-25-27-41(5)28-26-33)38(43)35-21-18-17-19-22-35;/h17-19,21-28,30H,6-16,20,29,31-32H2,1-5H3;1H/q+1;/p-1. The SMILES string of the molecule is CCCCCCCCCCCCCCOc1ccc(COC(=O)N(Cc2cc[n+](C)cc2)C(=O)c2ccccc2)cc1C(C)(C)C.[I-]. The highest BCUT2D eigenvalue weighted by Crippen LogP contribution is 2.33. The molecule has 1 heterocycles. The molecule has 0 radical (unpaired) electrons. The number of amides is 2. The number of halogens is 1. The first-order chi connectivity index (χ1) is 22.2. The summed E-state index contributed by atoms with van der Waals surface area (Å²) in [6, 6.07) is 18.6. The highest BCUT2D eigenvalue weighted by Gasteiger charge is 2.26. The summed E-state index contributed by atoms with van der Waals surface area (Å²) in [6.07, 6.45) is 18.9. The van der Waals surface area contributed by atoms with Gasteiger partial charge in [-0.15, -0.1) is 0 Å². The second kappa shape index (κ2) is 21.8. The van der Waals surface area contributed by atoms with Gasteiger partial charge in [0.1, 0.15) is 19.4 Å². The molecule has 258 valence electrons. The van der Waals surface area contributed by atoms with Crippen molar-refractivity contribution in [2.75, 3.05) is 6.61 Å². The zero-order valence-electron chi connectivity index (χ0n) is 29.4. The summed E-state index contributed by atoms with van der Waals surface area (Å²) in [5, 5.41) is 0. The van der Waals surface area contributed by atoms with Gasteiger partial charge in [-0.05, 0) is 52.8 Å². The number of hydrogen-bond acceptors (Lipinski definition) is 4. The molecule has 0 N–H and O–H groups in total. The Balaban J connectivity index is 0.00000768. The number of imide groups is 1. The van der Waals surface area contributed by atoms with Gasteiger partial charge in [-0.3, -0.25) is 4.79 Å². The summed E-state index contributed by atoms with van der Waals surface area (Å²) in [6.45, 7) is 9.63. The van der Waals surface area contributed by atoms with Crippen LogP contribution in [0.25, 0.3) is 0 Å². The summed E-state index contributed by atoms with van der Waals surface area (Å²) in [4.78, 5) is 27.9. The molecule has 0 atom stereocenters. The van der Waals surface area contributed by atoms with Crippen LogP contribution in [-0.4, -0.2) is 23.5 Å². The van der Waals surface area contributed by atoms with Crippen LogP contribution in [0, 0.1) is 0 Å². The third-order valence-electron chi connectivity index (χ3n) is 8.34. The van der Waals surface area contributed by atoms with Crippen LogP contribution in [0.2, 0.25) is 0 Å². The Morgan fingerprint density at radius 3 is 1.89 bits per heavy atom. The van der Waals surface area contributed by atoms with Crippen molar-refractivity contribution in [3.05, 3.63) is 95.3 Å². The molecule has 7 heteroatoms. The Morgan fingerprint density at radius 1 is 0.745 bits per heavy atom. The van der Waals surface area contributed by atoms with Crippen molar-refractivity contribution in [1.82, 2.24) is 4.90 Å². The number of hydrogen-bond donors (Lipinski definition) is 0. The maximum absolute atomic E-state index is 13.4. The molecule has 3 aromatic rings. The zero-order chi connectivity index (χ0) is 33.2. The first kappa shape index (κ1) is 40.2. The Labute approximate surface area is 301 Å². The molecule has 0 saturated carbocycles. The number of unbranched alkanes of at least 4 members (excludes halogenated alkanes) is 11. The Hall–Kier alpha value is -2.94. The lowest BCUT2D eigenvalue weighted by molar-refractivity contribution is -0.671. The summed E-state index contributed by atoms with van der Waals surface area (Å²) in [5.74, 6) is 0.486. The van der Waals surface area contributed by atoms with Gasteiger partial charge in [-0.1, -0.05) is 123 Å². The molecule has 0 bridgehead atoms. The van der Waals surface area contributed by atoms with Crippen molar-refractivity contribution >= 4 is 12.0 Å². The molecule has 0 spiro atoms. The number of aromatic nitrogens is 1. The van der Waals surface area contributed by atoms with E-state index in [0.29, 0.717) is 12.2 Å². The molecule has 6 nitrogen and oxygen atoms in total. The first-order valence-corrected chi connectivity index (χ1v) is 17.4. The topological polar surface area (TPSA) is 59.7 Å². The number of ether oxygens (including phenoxy) is 2. The monoisotopic (exact) mass is 756 g/mol. The van der Waals surface area contributed by atoms with Crippen LogP contribution in [0.1, 0.15) is 132 Å². The van der Waals surface area contributed by atoms with E-state index in [2.05, 4.69) is 33.8 Å². The van der Waals surface area contributed by atoms with Crippen molar-refractivity contribution in [3.8, 4) is 5.75 Å². The normalized spacial score (nSPS) is 11.1. The highest BCUT2D eigenvalue weighted by atomic mass is 127. The minimum Gasteiger partial charge on any atom is -1.00 e. The van der Waals surface area contributed by atoms with Gasteiger partial charge < -0.3 is 33.5 Å². The molecular formula is C40H57IN2O4. The maximum Gasteiger partial charge on any atom is 0.417 e. The first-order valence-electron chi connectivity index (χ1n) is 17.4.